The van der Waals surface area contributed by atoms with E-state index in [9.17, 15) is 9.59 Å². The van der Waals surface area contributed by atoms with E-state index in [1.165, 1.54) is 0 Å². The number of carbonyl (C=O) groups excluding carboxylic acids is 2. The maximum absolute atomic E-state index is 12.3. The zero-order chi connectivity index (χ0) is 15.8. The van der Waals surface area contributed by atoms with Crippen LogP contribution >= 0.6 is 11.8 Å². The lowest BCUT2D eigenvalue weighted by atomic mass is 10.2. The number of nitrogens with zero attached hydrogens (tertiary/aromatic N) is 1. The molecule has 0 aliphatic rings. The molecule has 2 N–H and O–H groups in total. The van der Waals surface area contributed by atoms with Gasteiger partial charge in [0.2, 0.25) is 5.91 Å². The summed E-state index contributed by atoms with van der Waals surface area (Å²) in [5.74, 6) is 0.861. The number of benzene rings is 1. The molecular formula is C15H23N3O2S. The number of carbonyl (C=O) groups is 2. The lowest BCUT2D eigenvalue weighted by Gasteiger charge is -2.25. The molecule has 0 aliphatic heterocycles. The van der Waals surface area contributed by atoms with Crippen LogP contribution < -0.4 is 10.6 Å². The normalized spacial score (nSPS) is 11.6. The molecule has 1 aromatic carbocycles. The Hall–Kier alpha value is -1.69. The molecule has 0 fully saturated rings. The average Bonchev–Trinajstić information content (AvgIpc) is 2.48. The van der Waals surface area contributed by atoms with Crippen LogP contribution in [0.25, 0.3) is 0 Å². The lowest BCUT2D eigenvalue weighted by Crippen LogP contribution is -2.40. The molecule has 1 rings (SSSR count). The summed E-state index contributed by atoms with van der Waals surface area (Å²) in [7, 11) is 3.28. The molecule has 0 heterocycles. The van der Waals surface area contributed by atoms with Gasteiger partial charge in [-0.1, -0.05) is 19.1 Å². The fourth-order valence-corrected chi connectivity index (χ4v) is 2.52. The molecule has 6 heteroatoms. The first-order valence-corrected chi connectivity index (χ1v) is 7.94. The van der Waals surface area contributed by atoms with E-state index in [0.717, 1.165) is 16.3 Å². The third kappa shape index (κ3) is 5.30. The summed E-state index contributed by atoms with van der Waals surface area (Å²) >= 11 is 1.68. The van der Waals surface area contributed by atoms with E-state index in [-0.39, 0.29) is 24.4 Å². The quantitative estimate of drug-likeness (QED) is 0.794. The van der Waals surface area contributed by atoms with Crippen molar-refractivity contribution in [3.63, 3.8) is 0 Å². The summed E-state index contributed by atoms with van der Waals surface area (Å²) in [6.07, 6.45) is 0.284. The van der Waals surface area contributed by atoms with Crippen molar-refractivity contribution < 1.29 is 9.59 Å². The van der Waals surface area contributed by atoms with Crippen LogP contribution in [0.5, 0.6) is 0 Å². The van der Waals surface area contributed by atoms with E-state index in [1.54, 1.807) is 30.8 Å². The van der Waals surface area contributed by atoms with E-state index >= 15 is 0 Å². The zero-order valence-corrected chi connectivity index (χ0v) is 13.8. The number of amides is 3. The predicted octanol–water partition coefficient (Wildman–Crippen LogP) is 2.79. The first-order chi connectivity index (χ1) is 9.99. The SMILES string of the molecule is CCSc1ccccc1NC(=O)N(C)[C@@H](C)CC(=O)NC. The third-order valence-corrected chi connectivity index (χ3v) is 4.13. The van der Waals surface area contributed by atoms with Crippen LogP contribution in [0.4, 0.5) is 10.5 Å². The fraction of sp³-hybridized carbons (Fsp3) is 0.467. The molecule has 21 heavy (non-hydrogen) atoms. The molecule has 0 unspecified atom stereocenters. The number of urea groups is 1. The molecule has 0 saturated heterocycles. The number of rotatable bonds is 6. The Balaban J connectivity index is 2.70. The second-order valence-corrected chi connectivity index (χ2v) is 6.00. The third-order valence-electron chi connectivity index (χ3n) is 3.17. The molecule has 0 spiro atoms. The predicted molar refractivity (Wildman–Crippen MR) is 87.8 cm³/mol. The molecular weight excluding hydrogens is 286 g/mol. The van der Waals surface area contributed by atoms with E-state index in [0.29, 0.717) is 0 Å². The van der Waals surface area contributed by atoms with Gasteiger partial charge in [0.15, 0.2) is 0 Å². The Morgan fingerprint density at radius 3 is 2.62 bits per heavy atom. The van der Waals surface area contributed by atoms with Gasteiger partial charge in [-0.15, -0.1) is 11.8 Å². The van der Waals surface area contributed by atoms with Gasteiger partial charge in [0.05, 0.1) is 5.69 Å². The van der Waals surface area contributed by atoms with Crippen molar-refractivity contribution in [1.82, 2.24) is 10.2 Å². The van der Waals surface area contributed by atoms with Gasteiger partial charge in [0, 0.05) is 31.5 Å². The van der Waals surface area contributed by atoms with Gasteiger partial charge in [0.25, 0.3) is 0 Å². The monoisotopic (exact) mass is 309 g/mol. The number of para-hydroxylation sites is 1. The first kappa shape index (κ1) is 17.4. The summed E-state index contributed by atoms with van der Waals surface area (Å²) in [4.78, 5) is 26.2. The molecule has 0 bridgehead atoms. The molecule has 0 aromatic heterocycles. The Morgan fingerprint density at radius 2 is 2.00 bits per heavy atom. The standard InChI is InChI=1S/C15H23N3O2S/c1-5-21-13-9-7-6-8-12(13)17-15(20)18(4)11(2)10-14(19)16-3/h6-9,11H,5,10H2,1-4H3,(H,16,19)(H,17,20)/t11-/m0/s1. The lowest BCUT2D eigenvalue weighted by molar-refractivity contribution is -0.121. The van der Waals surface area contributed by atoms with Gasteiger partial charge in [-0.3, -0.25) is 4.79 Å². The number of nitrogens with one attached hydrogen (secondary N) is 2. The van der Waals surface area contributed by atoms with Gasteiger partial charge >= 0.3 is 6.03 Å². The topological polar surface area (TPSA) is 61.4 Å². The highest BCUT2D eigenvalue weighted by atomic mass is 32.2. The fourth-order valence-electron chi connectivity index (χ4n) is 1.76. The Kier molecular flexibility index (Phi) is 7.08. The smallest absolute Gasteiger partial charge is 0.321 e. The first-order valence-electron chi connectivity index (χ1n) is 6.95. The minimum absolute atomic E-state index is 0.0795. The van der Waals surface area contributed by atoms with Crippen LogP contribution in [0.15, 0.2) is 29.2 Å². The summed E-state index contributed by atoms with van der Waals surface area (Å²) in [5, 5.41) is 5.47. The van der Waals surface area contributed by atoms with Crippen LogP contribution in [-0.4, -0.2) is 42.7 Å². The van der Waals surface area contributed by atoms with Crippen LogP contribution in [0.1, 0.15) is 20.3 Å². The van der Waals surface area contributed by atoms with Crippen LogP contribution in [0, 0.1) is 0 Å². The summed E-state index contributed by atoms with van der Waals surface area (Å²) in [6, 6.07) is 7.33. The highest BCUT2D eigenvalue weighted by Crippen LogP contribution is 2.26. The van der Waals surface area contributed by atoms with E-state index < -0.39 is 0 Å². The highest BCUT2D eigenvalue weighted by Gasteiger charge is 2.18. The molecule has 0 aliphatic carbocycles. The van der Waals surface area contributed by atoms with Gasteiger partial charge in [-0.05, 0) is 24.8 Å². The number of hydrogen-bond donors (Lipinski definition) is 2. The largest absolute Gasteiger partial charge is 0.359 e. The highest BCUT2D eigenvalue weighted by molar-refractivity contribution is 7.99. The van der Waals surface area contributed by atoms with Crippen molar-refractivity contribution in [3.05, 3.63) is 24.3 Å². The molecule has 0 radical (unpaired) electrons. The number of anilines is 1. The molecule has 3 amide bonds. The second-order valence-electron chi connectivity index (χ2n) is 4.70. The maximum atomic E-state index is 12.3. The number of thioether (sulfide) groups is 1. The summed E-state index contributed by atoms with van der Waals surface area (Å²) in [6.45, 7) is 3.92. The van der Waals surface area contributed by atoms with Crippen molar-refractivity contribution in [2.45, 2.75) is 31.2 Å². The summed E-state index contributed by atoms with van der Waals surface area (Å²) in [5.41, 5.74) is 0.799. The minimum Gasteiger partial charge on any atom is -0.359 e. The molecule has 0 saturated carbocycles. The van der Waals surface area contributed by atoms with Crippen molar-refractivity contribution in [2.75, 3.05) is 25.2 Å². The van der Waals surface area contributed by atoms with E-state index in [1.807, 2.05) is 31.2 Å². The Morgan fingerprint density at radius 1 is 1.33 bits per heavy atom. The summed E-state index contributed by atoms with van der Waals surface area (Å²) < 4.78 is 0. The van der Waals surface area contributed by atoms with Crippen molar-refractivity contribution in [2.24, 2.45) is 0 Å². The average molecular weight is 309 g/mol. The molecule has 1 atom stereocenters. The van der Waals surface area contributed by atoms with E-state index in [4.69, 9.17) is 0 Å². The molecule has 1 aromatic rings. The van der Waals surface area contributed by atoms with Crippen LogP contribution in [-0.2, 0) is 4.79 Å². The Bertz CT molecular complexity index is 494. The maximum Gasteiger partial charge on any atom is 0.321 e. The molecule has 5 nitrogen and oxygen atoms in total. The van der Waals surface area contributed by atoms with Gasteiger partial charge in [0.1, 0.15) is 0 Å². The number of hydrogen-bond acceptors (Lipinski definition) is 3. The van der Waals surface area contributed by atoms with Gasteiger partial charge < -0.3 is 15.5 Å². The van der Waals surface area contributed by atoms with Crippen molar-refractivity contribution in [3.8, 4) is 0 Å². The Labute approximate surface area is 130 Å². The minimum atomic E-state index is -0.212. The van der Waals surface area contributed by atoms with Crippen molar-refractivity contribution in [1.29, 1.82) is 0 Å². The second kappa shape index (κ2) is 8.56. The van der Waals surface area contributed by atoms with Crippen LogP contribution in [0.3, 0.4) is 0 Å². The van der Waals surface area contributed by atoms with Gasteiger partial charge in [-0.25, -0.2) is 4.79 Å². The zero-order valence-electron chi connectivity index (χ0n) is 13.0. The van der Waals surface area contributed by atoms with Gasteiger partial charge in [-0.2, -0.15) is 0 Å². The van der Waals surface area contributed by atoms with E-state index in [2.05, 4.69) is 17.6 Å². The van der Waals surface area contributed by atoms with Crippen molar-refractivity contribution >= 4 is 29.4 Å². The molecule has 116 valence electrons. The van der Waals surface area contributed by atoms with Crippen LogP contribution in [0.2, 0.25) is 0 Å².